The van der Waals surface area contributed by atoms with Crippen molar-refractivity contribution in [2.45, 2.75) is 43.8 Å². The first-order chi connectivity index (χ1) is 9.72. The number of nitrogens with zero attached hydrogens (tertiary/aromatic N) is 3. The van der Waals surface area contributed by atoms with Gasteiger partial charge in [-0.05, 0) is 19.3 Å². The van der Waals surface area contributed by atoms with Crippen molar-refractivity contribution in [3.05, 3.63) is 18.2 Å². The second-order valence-corrected chi connectivity index (χ2v) is 5.68. The molecule has 1 aromatic rings. The van der Waals surface area contributed by atoms with Gasteiger partial charge in [0.1, 0.15) is 0 Å². The lowest BCUT2D eigenvalue weighted by molar-refractivity contribution is -0.138. The molecule has 1 aliphatic heterocycles. The summed E-state index contributed by atoms with van der Waals surface area (Å²) in [7, 11) is 1.65. The van der Waals surface area contributed by atoms with E-state index in [9.17, 15) is 4.79 Å². The molecular weight excluding hydrogens is 256 g/mol. The number of piperidine rings is 1. The van der Waals surface area contributed by atoms with E-state index in [2.05, 4.69) is 9.55 Å². The van der Waals surface area contributed by atoms with Crippen molar-refractivity contribution < 1.29 is 9.53 Å². The SMILES string of the molecule is COCCN1C(=O)CCC(N)C1c1cncn1C1CC1. The average Bonchev–Trinajstić information content (AvgIpc) is 3.18. The molecule has 2 aliphatic rings. The van der Waals surface area contributed by atoms with Gasteiger partial charge < -0.3 is 19.9 Å². The number of likely N-dealkylation sites (tertiary alicyclic amines) is 1. The molecule has 1 saturated heterocycles. The monoisotopic (exact) mass is 278 g/mol. The Morgan fingerprint density at radius 2 is 2.25 bits per heavy atom. The molecule has 20 heavy (non-hydrogen) atoms. The predicted molar refractivity (Wildman–Crippen MR) is 74.0 cm³/mol. The van der Waals surface area contributed by atoms with Gasteiger partial charge >= 0.3 is 0 Å². The molecule has 1 aliphatic carbocycles. The Balaban J connectivity index is 1.88. The van der Waals surface area contributed by atoms with Crippen molar-refractivity contribution in [3.63, 3.8) is 0 Å². The summed E-state index contributed by atoms with van der Waals surface area (Å²) in [5, 5.41) is 0. The van der Waals surface area contributed by atoms with E-state index in [1.807, 2.05) is 17.4 Å². The quantitative estimate of drug-likeness (QED) is 0.867. The molecule has 6 nitrogen and oxygen atoms in total. The highest BCUT2D eigenvalue weighted by Gasteiger charge is 2.38. The van der Waals surface area contributed by atoms with Crippen LogP contribution in [0.15, 0.2) is 12.5 Å². The van der Waals surface area contributed by atoms with Gasteiger partial charge in [-0.2, -0.15) is 0 Å². The van der Waals surface area contributed by atoms with Gasteiger partial charge in [0.05, 0.1) is 30.9 Å². The molecule has 0 bridgehead atoms. The Morgan fingerprint density at radius 3 is 2.95 bits per heavy atom. The maximum atomic E-state index is 12.2. The van der Waals surface area contributed by atoms with Crippen molar-refractivity contribution in [1.29, 1.82) is 0 Å². The molecule has 0 aromatic carbocycles. The Morgan fingerprint density at radius 1 is 1.45 bits per heavy atom. The van der Waals surface area contributed by atoms with Crippen LogP contribution in [0, 0.1) is 0 Å². The maximum Gasteiger partial charge on any atom is 0.223 e. The predicted octanol–water partition coefficient (Wildman–Crippen LogP) is 0.855. The minimum Gasteiger partial charge on any atom is -0.383 e. The summed E-state index contributed by atoms with van der Waals surface area (Å²) in [5.41, 5.74) is 7.38. The van der Waals surface area contributed by atoms with E-state index in [-0.39, 0.29) is 18.0 Å². The van der Waals surface area contributed by atoms with Crippen LogP contribution in [0.3, 0.4) is 0 Å². The summed E-state index contributed by atoms with van der Waals surface area (Å²) in [6.07, 6.45) is 7.38. The molecule has 6 heteroatoms. The minimum absolute atomic E-state index is 0.0289. The third-order valence-electron chi connectivity index (χ3n) is 4.23. The summed E-state index contributed by atoms with van der Waals surface area (Å²) < 4.78 is 7.32. The number of aromatic nitrogens is 2. The molecule has 3 rings (SSSR count). The van der Waals surface area contributed by atoms with Crippen molar-refractivity contribution in [3.8, 4) is 0 Å². The van der Waals surface area contributed by atoms with Crippen LogP contribution >= 0.6 is 0 Å². The van der Waals surface area contributed by atoms with Gasteiger partial charge in [0.15, 0.2) is 0 Å². The average molecular weight is 278 g/mol. The van der Waals surface area contributed by atoms with Crippen LogP contribution in [0.4, 0.5) is 0 Å². The van der Waals surface area contributed by atoms with Crippen LogP contribution in [0.25, 0.3) is 0 Å². The van der Waals surface area contributed by atoms with Crippen LogP contribution in [-0.4, -0.2) is 46.7 Å². The molecule has 1 saturated carbocycles. The smallest absolute Gasteiger partial charge is 0.223 e. The summed E-state index contributed by atoms with van der Waals surface area (Å²) in [6, 6.07) is 0.439. The summed E-state index contributed by atoms with van der Waals surface area (Å²) >= 11 is 0. The number of carbonyl (C=O) groups excluding carboxylic acids is 1. The van der Waals surface area contributed by atoms with Gasteiger partial charge in [-0.15, -0.1) is 0 Å². The van der Waals surface area contributed by atoms with Crippen molar-refractivity contribution >= 4 is 5.91 Å². The number of ether oxygens (including phenoxy) is 1. The summed E-state index contributed by atoms with van der Waals surface area (Å²) in [6.45, 7) is 1.12. The molecule has 1 amide bonds. The third kappa shape index (κ3) is 2.45. The zero-order chi connectivity index (χ0) is 14.1. The Kier molecular flexibility index (Phi) is 3.76. The number of imidazole rings is 1. The number of nitrogens with two attached hydrogens (primary N) is 1. The molecular formula is C14H22N4O2. The third-order valence-corrected chi connectivity index (χ3v) is 4.23. The molecule has 110 valence electrons. The van der Waals surface area contributed by atoms with E-state index in [1.165, 1.54) is 12.8 Å². The molecule has 0 radical (unpaired) electrons. The van der Waals surface area contributed by atoms with Gasteiger partial charge in [0.25, 0.3) is 0 Å². The number of hydrogen-bond donors (Lipinski definition) is 1. The van der Waals surface area contributed by atoms with Crippen LogP contribution < -0.4 is 5.73 Å². The fourth-order valence-electron chi connectivity index (χ4n) is 3.01. The normalized spacial score (nSPS) is 27.1. The molecule has 2 N–H and O–H groups in total. The number of methoxy groups -OCH3 is 1. The van der Waals surface area contributed by atoms with Gasteiger partial charge in [0.2, 0.25) is 5.91 Å². The van der Waals surface area contributed by atoms with Crippen molar-refractivity contribution in [2.24, 2.45) is 5.73 Å². The Hall–Kier alpha value is -1.40. The van der Waals surface area contributed by atoms with E-state index in [0.717, 1.165) is 12.1 Å². The van der Waals surface area contributed by atoms with Gasteiger partial charge in [-0.3, -0.25) is 4.79 Å². The maximum absolute atomic E-state index is 12.2. The fraction of sp³-hybridized carbons (Fsp3) is 0.714. The van der Waals surface area contributed by atoms with Crippen LogP contribution in [0.1, 0.15) is 43.5 Å². The van der Waals surface area contributed by atoms with E-state index >= 15 is 0 Å². The lowest BCUT2D eigenvalue weighted by Gasteiger charge is -2.39. The van der Waals surface area contributed by atoms with Crippen molar-refractivity contribution in [1.82, 2.24) is 14.5 Å². The van der Waals surface area contributed by atoms with E-state index in [0.29, 0.717) is 25.6 Å². The number of amides is 1. The standard InChI is InChI=1S/C14H22N4O2/c1-20-7-6-17-13(19)5-4-11(15)14(17)12-8-16-9-18(12)10-2-3-10/h8-11,14H,2-7,15H2,1H3. The van der Waals surface area contributed by atoms with Gasteiger partial charge in [0, 0.05) is 32.2 Å². The molecule has 0 spiro atoms. The highest BCUT2D eigenvalue weighted by atomic mass is 16.5. The van der Waals surface area contributed by atoms with E-state index in [4.69, 9.17) is 10.5 Å². The molecule has 2 fully saturated rings. The zero-order valence-corrected chi connectivity index (χ0v) is 11.9. The van der Waals surface area contributed by atoms with Crippen molar-refractivity contribution in [2.75, 3.05) is 20.3 Å². The van der Waals surface area contributed by atoms with E-state index < -0.39 is 0 Å². The minimum atomic E-state index is -0.0745. The lowest BCUT2D eigenvalue weighted by atomic mass is 9.94. The topological polar surface area (TPSA) is 73.4 Å². The van der Waals surface area contributed by atoms with E-state index in [1.54, 1.807) is 7.11 Å². The second kappa shape index (κ2) is 5.54. The Labute approximate surface area is 118 Å². The first-order valence-corrected chi connectivity index (χ1v) is 7.28. The molecule has 2 unspecified atom stereocenters. The second-order valence-electron chi connectivity index (χ2n) is 5.68. The number of carbonyl (C=O) groups is 1. The summed E-state index contributed by atoms with van der Waals surface area (Å²) in [4.78, 5) is 18.4. The lowest BCUT2D eigenvalue weighted by Crippen LogP contribution is -2.50. The summed E-state index contributed by atoms with van der Waals surface area (Å²) in [5.74, 6) is 0.164. The Bertz CT molecular complexity index is 483. The largest absolute Gasteiger partial charge is 0.383 e. The molecule has 2 atom stereocenters. The highest BCUT2D eigenvalue weighted by molar-refractivity contribution is 5.77. The zero-order valence-electron chi connectivity index (χ0n) is 11.9. The van der Waals surface area contributed by atoms with Gasteiger partial charge in [-0.1, -0.05) is 0 Å². The van der Waals surface area contributed by atoms with Crippen LogP contribution in [0.2, 0.25) is 0 Å². The first kappa shape index (κ1) is 13.6. The molecule has 2 heterocycles. The first-order valence-electron chi connectivity index (χ1n) is 7.28. The highest BCUT2D eigenvalue weighted by Crippen LogP contribution is 2.39. The fourth-order valence-corrected chi connectivity index (χ4v) is 3.01. The van der Waals surface area contributed by atoms with Crippen LogP contribution in [0.5, 0.6) is 0 Å². The van der Waals surface area contributed by atoms with Crippen LogP contribution in [-0.2, 0) is 9.53 Å². The molecule has 1 aromatic heterocycles. The number of hydrogen-bond acceptors (Lipinski definition) is 4. The van der Waals surface area contributed by atoms with Gasteiger partial charge in [-0.25, -0.2) is 4.98 Å². The number of rotatable bonds is 5.